The molecule has 1 atom stereocenters. The van der Waals surface area contributed by atoms with Crippen molar-refractivity contribution in [1.29, 1.82) is 0 Å². The van der Waals surface area contributed by atoms with E-state index in [0.717, 1.165) is 6.42 Å². The monoisotopic (exact) mass is 227 g/mol. The normalized spacial score (nSPS) is 13.3. The molecule has 0 amide bonds. The third-order valence-corrected chi connectivity index (χ3v) is 2.70. The second kappa shape index (κ2) is 3.83. The topological polar surface area (TPSA) is 39.2 Å². The summed E-state index contributed by atoms with van der Waals surface area (Å²) in [4.78, 5) is 0. The maximum Gasteiger partial charge on any atom is 0.184 e. The maximum atomic E-state index is 13.5. The van der Waals surface area contributed by atoms with Gasteiger partial charge in [0.05, 0.1) is 11.1 Å². The zero-order valence-electron chi connectivity index (χ0n) is 8.26. The molecule has 80 valence electrons. The molecule has 1 heterocycles. The summed E-state index contributed by atoms with van der Waals surface area (Å²) < 4.78 is 18.9. The van der Waals surface area contributed by atoms with Crippen LogP contribution in [-0.2, 0) is 0 Å². The number of rotatable bonds is 2. The highest BCUT2D eigenvalue weighted by Gasteiger charge is 2.14. The summed E-state index contributed by atoms with van der Waals surface area (Å²) in [6, 6.07) is 4.78. The Morgan fingerprint density at radius 1 is 1.53 bits per heavy atom. The molecule has 2 rings (SSSR count). The molecular weight excluding hydrogens is 217 g/mol. The van der Waals surface area contributed by atoms with Gasteiger partial charge in [-0.2, -0.15) is 0 Å². The summed E-state index contributed by atoms with van der Waals surface area (Å²) in [5.74, 6) is 0.0670. The van der Waals surface area contributed by atoms with Gasteiger partial charge in [0.1, 0.15) is 5.76 Å². The van der Waals surface area contributed by atoms with Gasteiger partial charge in [-0.3, -0.25) is 0 Å². The lowest BCUT2D eigenvalue weighted by molar-refractivity contribution is 0.474. The summed E-state index contributed by atoms with van der Waals surface area (Å²) in [5, 5.41) is 0.754. The molecule has 2 nitrogen and oxygen atoms in total. The molecule has 0 aliphatic heterocycles. The van der Waals surface area contributed by atoms with E-state index >= 15 is 0 Å². The minimum Gasteiger partial charge on any atom is -0.456 e. The van der Waals surface area contributed by atoms with Crippen molar-refractivity contribution in [3.63, 3.8) is 0 Å². The van der Waals surface area contributed by atoms with Crippen LogP contribution in [0.5, 0.6) is 0 Å². The van der Waals surface area contributed by atoms with Crippen molar-refractivity contribution in [3.05, 3.63) is 34.8 Å². The fourth-order valence-corrected chi connectivity index (χ4v) is 1.60. The minimum absolute atomic E-state index is 0.0634. The fraction of sp³-hybridized carbons (Fsp3) is 0.273. The second-order valence-electron chi connectivity index (χ2n) is 3.44. The van der Waals surface area contributed by atoms with Crippen LogP contribution in [0.3, 0.4) is 0 Å². The summed E-state index contributed by atoms with van der Waals surface area (Å²) in [7, 11) is 0. The first-order valence-electron chi connectivity index (χ1n) is 4.76. The molecule has 1 aromatic heterocycles. The Labute approximate surface area is 91.8 Å². The van der Waals surface area contributed by atoms with Crippen molar-refractivity contribution in [1.82, 2.24) is 0 Å². The van der Waals surface area contributed by atoms with E-state index in [-0.39, 0.29) is 16.6 Å². The van der Waals surface area contributed by atoms with Gasteiger partial charge in [-0.1, -0.05) is 18.5 Å². The van der Waals surface area contributed by atoms with Crippen LogP contribution >= 0.6 is 11.6 Å². The van der Waals surface area contributed by atoms with Crippen LogP contribution < -0.4 is 5.73 Å². The first-order chi connectivity index (χ1) is 7.13. The zero-order valence-corrected chi connectivity index (χ0v) is 9.01. The van der Waals surface area contributed by atoms with Crippen molar-refractivity contribution >= 4 is 22.6 Å². The van der Waals surface area contributed by atoms with Crippen LogP contribution in [-0.4, -0.2) is 0 Å². The van der Waals surface area contributed by atoms with Crippen LogP contribution in [0.2, 0.25) is 5.02 Å². The molecule has 2 aromatic rings. The lowest BCUT2D eigenvalue weighted by Crippen LogP contribution is -2.06. The van der Waals surface area contributed by atoms with E-state index in [1.54, 1.807) is 12.1 Å². The van der Waals surface area contributed by atoms with Crippen molar-refractivity contribution in [3.8, 4) is 0 Å². The second-order valence-corrected chi connectivity index (χ2v) is 3.85. The Balaban J connectivity index is 2.61. The number of nitrogens with two attached hydrogens (primary N) is 1. The van der Waals surface area contributed by atoms with Crippen LogP contribution in [0, 0.1) is 5.82 Å². The number of furan rings is 1. The molecule has 1 unspecified atom stereocenters. The zero-order chi connectivity index (χ0) is 11.0. The quantitative estimate of drug-likeness (QED) is 0.851. The molecule has 4 heteroatoms. The first-order valence-corrected chi connectivity index (χ1v) is 5.14. The molecule has 0 saturated heterocycles. The van der Waals surface area contributed by atoms with Gasteiger partial charge >= 0.3 is 0 Å². The Hall–Kier alpha value is -1.06. The number of hydrogen-bond donors (Lipinski definition) is 1. The molecule has 0 aliphatic carbocycles. The Kier molecular flexibility index (Phi) is 2.67. The van der Waals surface area contributed by atoms with Gasteiger partial charge in [0.25, 0.3) is 0 Å². The van der Waals surface area contributed by atoms with E-state index in [0.29, 0.717) is 11.1 Å². The van der Waals surface area contributed by atoms with Crippen molar-refractivity contribution < 1.29 is 8.81 Å². The standard InChI is InChI=1S/C11H11ClFNO/c1-2-8(14)9-5-6-3-4-7(12)10(13)11(6)15-9/h3-5,8H,2,14H2,1H3. The predicted molar refractivity (Wildman–Crippen MR) is 58.4 cm³/mol. The molecular formula is C11H11ClFNO. The van der Waals surface area contributed by atoms with Gasteiger partial charge in [0.2, 0.25) is 0 Å². The molecule has 0 bridgehead atoms. The van der Waals surface area contributed by atoms with E-state index < -0.39 is 5.82 Å². The summed E-state index contributed by atoms with van der Waals surface area (Å²) in [5.41, 5.74) is 5.98. The molecule has 0 aliphatic rings. The fourth-order valence-electron chi connectivity index (χ4n) is 1.45. The average Bonchev–Trinajstić information content (AvgIpc) is 2.67. The molecule has 1 aromatic carbocycles. The Morgan fingerprint density at radius 2 is 2.27 bits per heavy atom. The largest absolute Gasteiger partial charge is 0.456 e. The van der Waals surface area contributed by atoms with Gasteiger partial charge in [-0.15, -0.1) is 0 Å². The Bertz CT molecular complexity index is 495. The smallest absolute Gasteiger partial charge is 0.184 e. The van der Waals surface area contributed by atoms with E-state index in [9.17, 15) is 4.39 Å². The van der Waals surface area contributed by atoms with Crippen LogP contribution in [0.25, 0.3) is 11.0 Å². The van der Waals surface area contributed by atoms with Crippen LogP contribution in [0.4, 0.5) is 4.39 Å². The number of benzene rings is 1. The summed E-state index contributed by atoms with van der Waals surface area (Å²) in [6.07, 6.45) is 0.745. The van der Waals surface area contributed by atoms with Crippen molar-refractivity contribution in [2.24, 2.45) is 5.73 Å². The molecule has 15 heavy (non-hydrogen) atoms. The van der Waals surface area contributed by atoms with Crippen molar-refractivity contribution in [2.75, 3.05) is 0 Å². The van der Waals surface area contributed by atoms with Gasteiger partial charge in [-0.25, -0.2) is 4.39 Å². The van der Waals surface area contributed by atoms with Gasteiger partial charge in [0, 0.05) is 5.39 Å². The van der Waals surface area contributed by atoms with Gasteiger partial charge in [0.15, 0.2) is 11.4 Å². The summed E-state index contributed by atoms with van der Waals surface area (Å²) >= 11 is 5.64. The average molecular weight is 228 g/mol. The number of hydrogen-bond acceptors (Lipinski definition) is 2. The Morgan fingerprint density at radius 3 is 2.93 bits per heavy atom. The SMILES string of the molecule is CCC(N)c1cc2ccc(Cl)c(F)c2o1. The summed E-state index contributed by atoms with van der Waals surface area (Å²) in [6.45, 7) is 1.95. The third kappa shape index (κ3) is 1.73. The van der Waals surface area contributed by atoms with Crippen LogP contribution in [0.1, 0.15) is 25.1 Å². The highest BCUT2D eigenvalue weighted by Crippen LogP contribution is 2.29. The lowest BCUT2D eigenvalue weighted by atomic mass is 10.1. The minimum atomic E-state index is -0.524. The van der Waals surface area contributed by atoms with E-state index in [1.807, 2.05) is 6.92 Å². The van der Waals surface area contributed by atoms with Crippen molar-refractivity contribution in [2.45, 2.75) is 19.4 Å². The predicted octanol–water partition coefficient (Wildman–Crippen LogP) is 3.64. The number of halogens is 2. The highest BCUT2D eigenvalue weighted by atomic mass is 35.5. The highest BCUT2D eigenvalue weighted by molar-refractivity contribution is 6.31. The van der Waals surface area contributed by atoms with E-state index in [2.05, 4.69) is 0 Å². The van der Waals surface area contributed by atoms with Gasteiger partial charge < -0.3 is 10.2 Å². The molecule has 0 spiro atoms. The van der Waals surface area contributed by atoms with Gasteiger partial charge in [-0.05, 0) is 24.6 Å². The molecule has 0 saturated carbocycles. The van der Waals surface area contributed by atoms with Crippen LogP contribution in [0.15, 0.2) is 22.6 Å². The molecule has 2 N–H and O–H groups in total. The first kappa shape index (κ1) is 10.5. The number of fused-ring (bicyclic) bond motifs is 1. The van der Waals surface area contributed by atoms with E-state index in [4.69, 9.17) is 21.8 Å². The third-order valence-electron chi connectivity index (χ3n) is 2.40. The maximum absolute atomic E-state index is 13.5. The molecule has 0 radical (unpaired) electrons. The molecule has 0 fully saturated rings. The lowest BCUT2D eigenvalue weighted by Gasteiger charge is -2.02. The van der Waals surface area contributed by atoms with E-state index in [1.165, 1.54) is 6.07 Å².